The van der Waals surface area contributed by atoms with Crippen molar-refractivity contribution in [2.24, 2.45) is 0 Å². The molecule has 9 heteroatoms. The van der Waals surface area contributed by atoms with Crippen LogP contribution in [0.4, 0.5) is 14.7 Å². The molecule has 5 rings (SSSR count). The van der Waals surface area contributed by atoms with Crippen molar-refractivity contribution in [1.82, 2.24) is 29.7 Å². The monoisotopic (exact) mass is 415 g/mol. The highest BCUT2D eigenvalue weighted by atomic mass is 19.1. The summed E-state index contributed by atoms with van der Waals surface area (Å²) in [4.78, 5) is 17.8. The van der Waals surface area contributed by atoms with Gasteiger partial charge in [-0.1, -0.05) is 12.1 Å². The summed E-state index contributed by atoms with van der Waals surface area (Å²) in [6.45, 7) is 0.420. The number of benzene rings is 2. The van der Waals surface area contributed by atoms with Gasteiger partial charge in [-0.05, 0) is 54.1 Å². The van der Waals surface area contributed by atoms with Crippen LogP contribution in [0.25, 0.3) is 28.1 Å². The lowest BCUT2D eigenvalue weighted by Crippen LogP contribution is -2.09. The zero-order valence-corrected chi connectivity index (χ0v) is 16.1. The van der Waals surface area contributed by atoms with Gasteiger partial charge in [0.25, 0.3) is 0 Å². The van der Waals surface area contributed by atoms with Crippen LogP contribution in [0.3, 0.4) is 0 Å². The molecule has 0 unspecified atom stereocenters. The van der Waals surface area contributed by atoms with Crippen LogP contribution < -0.4 is 5.32 Å². The number of fused-ring (bicyclic) bond motifs is 1. The van der Waals surface area contributed by atoms with E-state index in [4.69, 9.17) is 4.98 Å². The highest BCUT2D eigenvalue weighted by Crippen LogP contribution is 2.24. The topological polar surface area (TPSA) is 81.4 Å². The first-order valence-corrected chi connectivity index (χ1v) is 9.44. The van der Waals surface area contributed by atoms with Crippen molar-refractivity contribution in [3.05, 3.63) is 90.5 Å². The molecule has 0 radical (unpaired) electrons. The van der Waals surface area contributed by atoms with Crippen LogP contribution in [0.2, 0.25) is 0 Å². The van der Waals surface area contributed by atoms with Crippen LogP contribution in [-0.4, -0.2) is 29.7 Å². The Hall–Kier alpha value is -4.27. The maximum absolute atomic E-state index is 13.3. The Bertz CT molecular complexity index is 1340. The Morgan fingerprint density at radius 1 is 0.806 bits per heavy atom. The first-order valence-electron chi connectivity index (χ1n) is 9.44. The van der Waals surface area contributed by atoms with Gasteiger partial charge >= 0.3 is 0 Å². The van der Waals surface area contributed by atoms with Crippen molar-refractivity contribution in [1.29, 1.82) is 0 Å². The van der Waals surface area contributed by atoms with E-state index in [1.165, 1.54) is 41.6 Å². The summed E-state index contributed by atoms with van der Waals surface area (Å²) in [7, 11) is 0. The fourth-order valence-corrected chi connectivity index (χ4v) is 3.12. The number of hydrogen-bond acceptors (Lipinski definition) is 6. The van der Waals surface area contributed by atoms with E-state index in [1.807, 2.05) is 12.1 Å². The number of pyridine rings is 1. The largest absolute Gasteiger partial charge is 0.350 e. The second kappa shape index (κ2) is 7.86. The maximum Gasteiger partial charge on any atom is 0.225 e. The van der Waals surface area contributed by atoms with E-state index in [9.17, 15) is 8.78 Å². The molecule has 5 aromatic rings. The summed E-state index contributed by atoms with van der Waals surface area (Å²) in [5.41, 5.74) is 3.45. The number of hydrogen-bond donors (Lipinski definition) is 1. The van der Waals surface area contributed by atoms with Gasteiger partial charge in [0.2, 0.25) is 5.95 Å². The lowest BCUT2D eigenvalue weighted by atomic mass is 10.1. The zero-order valence-electron chi connectivity index (χ0n) is 16.1. The summed E-state index contributed by atoms with van der Waals surface area (Å²) in [6, 6.07) is 15.9. The molecule has 152 valence electrons. The molecule has 0 amide bonds. The van der Waals surface area contributed by atoms with E-state index < -0.39 is 0 Å². The van der Waals surface area contributed by atoms with Gasteiger partial charge in [0.1, 0.15) is 29.8 Å². The molecular weight excluding hydrogens is 400 g/mol. The minimum atomic E-state index is -0.312. The highest BCUT2D eigenvalue weighted by Gasteiger charge is 2.13. The third-order valence-electron chi connectivity index (χ3n) is 4.66. The van der Waals surface area contributed by atoms with E-state index in [1.54, 1.807) is 24.3 Å². The Labute approximate surface area is 175 Å². The molecule has 0 aliphatic carbocycles. The second-order valence-electron chi connectivity index (χ2n) is 6.76. The van der Waals surface area contributed by atoms with Crippen LogP contribution in [0.5, 0.6) is 0 Å². The molecule has 31 heavy (non-hydrogen) atoms. The van der Waals surface area contributed by atoms with Crippen molar-refractivity contribution in [3.63, 3.8) is 0 Å². The van der Waals surface area contributed by atoms with Gasteiger partial charge in [0, 0.05) is 12.1 Å². The zero-order chi connectivity index (χ0) is 21.2. The molecule has 2 aromatic carbocycles. The molecule has 3 heterocycles. The van der Waals surface area contributed by atoms with Gasteiger partial charge in [-0.15, -0.1) is 0 Å². The van der Waals surface area contributed by atoms with E-state index >= 15 is 0 Å². The molecule has 0 saturated carbocycles. The molecule has 0 aliphatic rings. The number of nitrogens with one attached hydrogen (secondary N) is 1. The molecule has 0 atom stereocenters. The molecule has 3 aromatic heterocycles. The smallest absolute Gasteiger partial charge is 0.225 e. The summed E-state index contributed by atoms with van der Waals surface area (Å²) < 4.78 is 27.9. The average Bonchev–Trinajstić information content (AvgIpc) is 3.33. The van der Waals surface area contributed by atoms with Crippen LogP contribution in [0, 0.1) is 11.6 Å². The molecular formula is C22H15F2N7. The van der Waals surface area contributed by atoms with Crippen molar-refractivity contribution in [2.45, 2.75) is 6.54 Å². The highest BCUT2D eigenvalue weighted by molar-refractivity contribution is 5.84. The van der Waals surface area contributed by atoms with Gasteiger partial charge in [-0.3, -0.25) is 0 Å². The van der Waals surface area contributed by atoms with Crippen LogP contribution in [-0.2, 0) is 6.54 Å². The predicted molar refractivity (Wildman–Crippen MR) is 111 cm³/mol. The van der Waals surface area contributed by atoms with Crippen molar-refractivity contribution in [3.8, 4) is 17.1 Å². The van der Waals surface area contributed by atoms with Gasteiger partial charge in [-0.25, -0.2) is 28.4 Å². The number of rotatable bonds is 5. The number of aromatic nitrogens is 6. The summed E-state index contributed by atoms with van der Waals surface area (Å²) >= 11 is 0. The van der Waals surface area contributed by atoms with Gasteiger partial charge in [0.15, 0.2) is 5.82 Å². The number of nitrogens with zero attached hydrogens (tertiary/aromatic N) is 6. The van der Waals surface area contributed by atoms with Crippen LogP contribution in [0.1, 0.15) is 5.56 Å². The molecule has 0 aliphatic heterocycles. The molecule has 0 saturated heterocycles. The first-order chi connectivity index (χ1) is 15.2. The molecule has 7 nitrogen and oxygen atoms in total. The fraction of sp³-hybridized carbons (Fsp3) is 0.0455. The van der Waals surface area contributed by atoms with Gasteiger partial charge in [-0.2, -0.15) is 10.1 Å². The summed E-state index contributed by atoms with van der Waals surface area (Å²) in [6.07, 6.45) is 2.93. The van der Waals surface area contributed by atoms with Crippen molar-refractivity contribution < 1.29 is 8.78 Å². The molecule has 1 N–H and O–H groups in total. The average molecular weight is 415 g/mol. The van der Waals surface area contributed by atoms with Crippen molar-refractivity contribution >= 4 is 17.0 Å². The third kappa shape index (κ3) is 3.93. The summed E-state index contributed by atoms with van der Waals surface area (Å²) in [5.74, 6) is 0.224. The second-order valence-corrected chi connectivity index (χ2v) is 6.76. The number of anilines is 1. The third-order valence-corrected chi connectivity index (χ3v) is 4.66. The quantitative estimate of drug-likeness (QED) is 0.464. The minimum Gasteiger partial charge on any atom is -0.350 e. The SMILES string of the molecule is Fc1ccc(CNc2nc(-n3cncn3)c3nc(-c4ccc(F)cc4)ccc3n2)cc1. The maximum atomic E-state index is 13.3. The van der Waals surface area contributed by atoms with Gasteiger partial charge in [0.05, 0.1) is 11.2 Å². The Morgan fingerprint density at radius 2 is 1.55 bits per heavy atom. The van der Waals surface area contributed by atoms with Crippen molar-refractivity contribution in [2.75, 3.05) is 5.32 Å². The predicted octanol–water partition coefficient (Wildman–Crippen LogP) is 4.16. The fourth-order valence-electron chi connectivity index (χ4n) is 3.12. The van der Waals surface area contributed by atoms with E-state index in [2.05, 4.69) is 25.4 Å². The van der Waals surface area contributed by atoms with E-state index in [-0.39, 0.29) is 11.6 Å². The Morgan fingerprint density at radius 3 is 2.26 bits per heavy atom. The Kier molecular flexibility index (Phi) is 4.75. The number of halogens is 2. The molecule has 0 fully saturated rings. The lowest BCUT2D eigenvalue weighted by Gasteiger charge is -2.11. The first kappa shape index (κ1) is 18.7. The lowest BCUT2D eigenvalue weighted by molar-refractivity contribution is 0.627. The van der Waals surface area contributed by atoms with E-state index in [0.29, 0.717) is 35.0 Å². The summed E-state index contributed by atoms with van der Waals surface area (Å²) in [5, 5.41) is 7.33. The van der Waals surface area contributed by atoms with Crippen LogP contribution >= 0.6 is 0 Å². The minimum absolute atomic E-state index is 0.290. The normalized spacial score (nSPS) is 11.0. The molecule has 0 bridgehead atoms. The van der Waals surface area contributed by atoms with E-state index in [0.717, 1.165) is 11.1 Å². The standard InChI is InChI=1S/C22H15F2N7/c23-16-5-1-14(2-6-16)11-26-22-29-19-10-9-18(15-3-7-17(24)8-4-15)28-20(19)21(30-22)31-13-25-12-27-31/h1-10,12-13H,11H2,(H,26,29,30). The molecule has 0 spiro atoms. The Balaban J connectivity index is 1.55. The van der Waals surface area contributed by atoms with Crippen LogP contribution in [0.15, 0.2) is 73.3 Å². The van der Waals surface area contributed by atoms with Gasteiger partial charge < -0.3 is 5.32 Å².